The van der Waals surface area contributed by atoms with Crippen LogP contribution in [0.3, 0.4) is 0 Å². The van der Waals surface area contributed by atoms with Crippen molar-refractivity contribution >= 4 is 18.0 Å². The summed E-state index contributed by atoms with van der Waals surface area (Å²) in [5.74, 6) is -0.609. The highest BCUT2D eigenvalue weighted by atomic mass is 16.4. The standard InChI is InChI=1S/C19H20N2O5/c1-11-3-7-13(8-4-11)15(20-18(23)24)17(22)16(21-19(25)26)14-9-5-12(2)6-10-14/h3-10,15-16,20-21H,1-2H3,(H,23,24)(H,25,26)/t15-,16-/m1/s1. The van der Waals surface area contributed by atoms with Crippen molar-refractivity contribution in [3.8, 4) is 0 Å². The van der Waals surface area contributed by atoms with Gasteiger partial charge in [-0.3, -0.25) is 4.79 Å². The zero-order valence-corrected chi connectivity index (χ0v) is 14.4. The minimum Gasteiger partial charge on any atom is -0.465 e. The van der Waals surface area contributed by atoms with E-state index in [-0.39, 0.29) is 0 Å². The van der Waals surface area contributed by atoms with Gasteiger partial charge in [0, 0.05) is 0 Å². The van der Waals surface area contributed by atoms with Crippen LogP contribution >= 0.6 is 0 Å². The maximum atomic E-state index is 13.0. The number of carbonyl (C=O) groups is 3. The normalized spacial score (nSPS) is 12.7. The molecular weight excluding hydrogens is 336 g/mol. The van der Waals surface area contributed by atoms with E-state index >= 15 is 0 Å². The maximum absolute atomic E-state index is 13.0. The molecule has 0 saturated heterocycles. The SMILES string of the molecule is Cc1ccc([C@@H](NC(=O)O)C(=O)[C@H](NC(=O)O)c2ccc(C)cc2)cc1. The number of carbonyl (C=O) groups excluding carboxylic acids is 1. The van der Waals surface area contributed by atoms with Gasteiger partial charge in [-0.15, -0.1) is 0 Å². The number of ketones is 1. The highest BCUT2D eigenvalue weighted by Crippen LogP contribution is 2.24. The van der Waals surface area contributed by atoms with Crippen molar-refractivity contribution in [2.24, 2.45) is 0 Å². The van der Waals surface area contributed by atoms with Crippen molar-refractivity contribution in [3.63, 3.8) is 0 Å². The van der Waals surface area contributed by atoms with Crippen LogP contribution in [0.25, 0.3) is 0 Å². The van der Waals surface area contributed by atoms with Gasteiger partial charge in [-0.25, -0.2) is 9.59 Å². The van der Waals surface area contributed by atoms with E-state index in [9.17, 15) is 14.4 Å². The second kappa shape index (κ2) is 8.15. The van der Waals surface area contributed by atoms with Gasteiger partial charge in [0.2, 0.25) is 0 Å². The summed E-state index contributed by atoms with van der Waals surface area (Å²) in [6, 6.07) is 11.2. The van der Waals surface area contributed by atoms with Crippen LogP contribution in [-0.4, -0.2) is 28.2 Å². The average Bonchev–Trinajstić information content (AvgIpc) is 2.58. The fraction of sp³-hybridized carbons (Fsp3) is 0.211. The number of Topliss-reactive ketones (excluding diaryl/α,β-unsaturated/α-hetero) is 1. The van der Waals surface area contributed by atoms with E-state index in [4.69, 9.17) is 10.2 Å². The molecule has 0 bridgehead atoms. The number of hydrogen-bond acceptors (Lipinski definition) is 3. The highest BCUT2D eigenvalue weighted by Gasteiger charge is 2.31. The lowest BCUT2D eigenvalue weighted by Crippen LogP contribution is -2.41. The third-order valence-corrected chi connectivity index (χ3v) is 3.93. The topological polar surface area (TPSA) is 116 Å². The molecule has 0 saturated carbocycles. The van der Waals surface area contributed by atoms with Crippen LogP contribution in [0, 0.1) is 13.8 Å². The summed E-state index contributed by atoms with van der Waals surface area (Å²) in [4.78, 5) is 35.4. The first-order chi connectivity index (χ1) is 12.3. The van der Waals surface area contributed by atoms with E-state index in [0.29, 0.717) is 11.1 Å². The molecule has 0 radical (unpaired) electrons. The Balaban J connectivity index is 2.43. The van der Waals surface area contributed by atoms with Crippen LogP contribution < -0.4 is 10.6 Å². The van der Waals surface area contributed by atoms with Gasteiger partial charge < -0.3 is 20.8 Å². The molecule has 0 aliphatic rings. The molecule has 7 nitrogen and oxygen atoms in total. The minimum absolute atomic E-state index is 0.437. The number of aryl methyl sites for hydroxylation is 2. The number of amides is 2. The summed E-state index contributed by atoms with van der Waals surface area (Å²) in [5.41, 5.74) is 2.78. The zero-order valence-electron chi connectivity index (χ0n) is 14.4. The summed E-state index contributed by atoms with van der Waals surface area (Å²) >= 11 is 0. The molecule has 0 aromatic heterocycles. The monoisotopic (exact) mass is 356 g/mol. The first kappa shape index (κ1) is 19.0. The molecule has 0 aliphatic carbocycles. The number of rotatable bonds is 6. The Labute approximate surface area is 150 Å². The fourth-order valence-corrected chi connectivity index (χ4v) is 2.57. The van der Waals surface area contributed by atoms with E-state index in [2.05, 4.69) is 10.6 Å². The van der Waals surface area contributed by atoms with E-state index in [0.717, 1.165) is 11.1 Å². The van der Waals surface area contributed by atoms with Gasteiger partial charge in [-0.05, 0) is 25.0 Å². The summed E-state index contributed by atoms with van der Waals surface area (Å²) in [6.45, 7) is 3.73. The van der Waals surface area contributed by atoms with E-state index in [1.165, 1.54) is 0 Å². The van der Waals surface area contributed by atoms with Gasteiger partial charge in [-0.2, -0.15) is 0 Å². The third kappa shape index (κ3) is 4.83. The molecule has 0 heterocycles. The molecule has 136 valence electrons. The van der Waals surface area contributed by atoms with Crippen LogP contribution in [0.1, 0.15) is 34.3 Å². The van der Waals surface area contributed by atoms with Crippen molar-refractivity contribution in [3.05, 3.63) is 70.8 Å². The van der Waals surface area contributed by atoms with Crippen LogP contribution in [0.15, 0.2) is 48.5 Å². The van der Waals surface area contributed by atoms with Crippen LogP contribution in [0.4, 0.5) is 9.59 Å². The van der Waals surface area contributed by atoms with Gasteiger partial charge in [0.05, 0.1) is 0 Å². The van der Waals surface area contributed by atoms with Gasteiger partial charge in [0.15, 0.2) is 5.78 Å². The van der Waals surface area contributed by atoms with E-state index in [1.54, 1.807) is 48.5 Å². The molecule has 26 heavy (non-hydrogen) atoms. The number of nitrogens with one attached hydrogen (secondary N) is 2. The molecule has 2 atom stereocenters. The Kier molecular flexibility index (Phi) is 5.95. The summed E-state index contributed by atoms with van der Waals surface area (Å²) in [7, 11) is 0. The highest BCUT2D eigenvalue weighted by molar-refractivity contribution is 5.95. The van der Waals surface area contributed by atoms with E-state index < -0.39 is 30.1 Å². The van der Waals surface area contributed by atoms with Crippen molar-refractivity contribution < 1.29 is 24.6 Å². The second-order valence-electron chi connectivity index (χ2n) is 5.99. The lowest BCUT2D eigenvalue weighted by atomic mass is 9.92. The first-order valence-electron chi connectivity index (χ1n) is 7.93. The molecule has 0 spiro atoms. The minimum atomic E-state index is -1.37. The van der Waals surface area contributed by atoms with Gasteiger partial charge >= 0.3 is 12.2 Å². The van der Waals surface area contributed by atoms with Crippen LogP contribution in [-0.2, 0) is 4.79 Å². The summed E-state index contributed by atoms with van der Waals surface area (Å²) < 4.78 is 0. The molecule has 2 aromatic rings. The number of hydrogen-bond donors (Lipinski definition) is 4. The lowest BCUT2D eigenvalue weighted by Gasteiger charge is -2.23. The largest absolute Gasteiger partial charge is 0.465 e. The summed E-state index contributed by atoms with van der Waals surface area (Å²) in [5, 5.41) is 22.6. The molecule has 2 rings (SSSR count). The van der Waals surface area contributed by atoms with Crippen molar-refractivity contribution in [1.29, 1.82) is 0 Å². The summed E-state index contributed by atoms with van der Waals surface area (Å²) in [6.07, 6.45) is -2.75. The lowest BCUT2D eigenvalue weighted by molar-refractivity contribution is -0.123. The Morgan fingerprint density at radius 1 is 0.692 bits per heavy atom. The van der Waals surface area contributed by atoms with Crippen molar-refractivity contribution in [2.75, 3.05) is 0 Å². The molecule has 0 unspecified atom stereocenters. The first-order valence-corrected chi connectivity index (χ1v) is 7.93. The predicted molar refractivity (Wildman–Crippen MR) is 95.2 cm³/mol. The smallest absolute Gasteiger partial charge is 0.405 e. The molecule has 2 aromatic carbocycles. The molecule has 0 aliphatic heterocycles. The Hall–Kier alpha value is -3.35. The van der Waals surface area contributed by atoms with E-state index in [1.807, 2.05) is 13.8 Å². The molecule has 2 amide bonds. The maximum Gasteiger partial charge on any atom is 0.405 e. The molecule has 7 heteroatoms. The Morgan fingerprint density at radius 3 is 1.27 bits per heavy atom. The second-order valence-corrected chi connectivity index (χ2v) is 5.99. The predicted octanol–water partition coefficient (Wildman–Crippen LogP) is 3.19. The third-order valence-electron chi connectivity index (χ3n) is 3.93. The quantitative estimate of drug-likeness (QED) is 0.634. The van der Waals surface area contributed by atoms with Crippen LogP contribution in [0.2, 0.25) is 0 Å². The number of carboxylic acid groups (broad SMARTS) is 2. The average molecular weight is 356 g/mol. The molecule has 4 N–H and O–H groups in total. The van der Waals surface area contributed by atoms with Crippen molar-refractivity contribution in [2.45, 2.75) is 25.9 Å². The zero-order chi connectivity index (χ0) is 19.3. The molecular formula is C19H20N2O5. The van der Waals surface area contributed by atoms with Crippen molar-refractivity contribution in [1.82, 2.24) is 10.6 Å². The van der Waals surface area contributed by atoms with Gasteiger partial charge in [-0.1, -0.05) is 59.7 Å². The van der Waals surface area contributed by atoms with Gasteiger partial charge in [0.25, 0.3) is 0 Å². The Bertz CT molecular complexity index is 732. The fourth-order valence-electron chi connectivity index (χ4n) is 2.57. The number of benzene rings is 2. The van der Waals surface area contributed by atoms with Crippen LogP contribution in [0.5, 0.6) is 0 Å². The van der Waals surface area contributed by atoms with Gasteiger partial charge in [0.1, 0.15) is 12.1 Å². The Morgan fingerprint density at radius 2 is 1.00 bits per heavy atom. The molecule has 0 fully saturated rings.